The Morgan fingerprint density at radius 3 is 2.85 bits per heavy atom. The van der Waals surface area contributed by atoms with Gasteiger partial charge in [0.15, 0.2) is 0 Å². The van der Waals surface area contributed by atoms with Gasteiger partial charge in [-0.05, 0) is 55.3 Å². The van der Waals surface area contributed by atoms with E-state index in [1.165, 1.54) is 0 Å². The number of hydrogen-bond donors (Lipinski definition) is 1. The maximum Gasteiger partial charge on any atom is 0.219 e. The van der Waals surface area contributed by atoms with Crippen molar-refractivity contribution in [2.24, 2.45) is 0 Å². The number of nitrogens with zero attached hydrogens (tertiary/aromatic N) is 1. The third-order valence-electron chi connectivity index (χ3n) is 2.91. The van der Waals surface area contributed by atoms with Gasteiger partial charge in [0.25, 0.3) is 0 Å². The molecule has 0 atom stereocenters. The van der Waals surface area contributed by atoms with E-state index in [-0.39, 0.29) is 0 Å². The van der Waals surface area contributed by atoms with Crippen LogP contribution in [0, 0.1) is 6.92 Å². The SMILES string of the molecule is CCCNCc1ccnc(Oc2ccc(Cl)cc2C)c1. The fraction of sp³-hybridized carbons (Fsp3) is 0.312. The first-order valence-electron chi connectivity index (χ1n) is 6.78. The molecule has 20 heavy (non-hydrogen) atoms. The van der Waals surface area contributed by atoms with Gasteiger partial charge in [-0.15, -0.1) is 0 Å². The lowest BCUT2D eigenvalue weighted by atomic mass is 10.2. The summed E-state index contributed by atoms with van der Waals surface area (Å²) in [4.78, 5) is 4.24. The molecule has 2 aromatic rings. The van der Waals surface area contributed by atoms with E-state index in [1.54, 1.807) is 6.20 Å². The largest absolute Gasteiger partial charge is 0.439 e. The first kappa shape index (κ1) is 14.8. The van der Waals surface area contributed by atoms with Crippen LogP contribution in [0.4, 0.5) is 0 Å². The van der Waals surface area contributed by atoms with Crippen molar-refractivity contribution in [1.82, 2.24) is 10.3 Å². The van der Waals surface area contributed by atoms with Gasteiger partial charge in [-0.2, -0.15) is 0 Å². The molecule has 0 amide bonds. The summed E-state index contributed by atoms with van der Waals surface area (Å²) in [6.07, 6.45) is 2.89. The van der Waals surface area contributed by atoms with Crippen LogP contribution in [-0.2, 0) is 6.54 Å². The number of aryl methyl sites for hydroxylation is 1. The summed E-state index contributed by atoms with van der Waals surface area (Å²) < 4.78 is 5.81. The summed E-state index contributed by atoms with van der Waals surface area (Å²) in [7, 11) is 0. The molecule has 0 radical (unpaired) electrons. The highest BCUT2D eigenvalue weighted by molar-refractivity contribution is 6.30. The fourth-order valence-electron chi connectivity index (χ4n) is 1.87. The molecule has 0 aliphatic heterocycles. The minimum Gasteiger partial charge on any atom is -0.439 e. The zero-order chi connectivity index (χ0) is 14.4. The number of halogens is 1. The van der Waals surface area contributed by atoms with E-state index < -0.39 is 0 Å². The number of ether oxygens (including phenoxy) is 1. The number of benzene rings is 1. The van der Waals surface area contributed by atoms with Crippen molar-refractivity contribution >= 4 is 11.6 Å². The van der Waals surface area contributed by atoms with Gasteiger partial charge in [0.05, 0.1) is 0 Å². The lowest BCUT2D eigenvalue weighted by Crippen LogP contribution is -2.13. The predicted molar refractivity (Wildman–Crippen MR) is 82.5 cm³/mol. The van der Waals surface area contributed by atoms with Crippen molar-refractivity contribution in [3.8, 4) is 11.6 Å². The first-order valence-corrected chi connectivity index (χ1v) is 7.16. The van der Waals surface area contributed by atoms with Gasteiger partial charge in [-0.1, -0.05) is 18.5 Å². The Bertz CT molecular complexity index is 572. The van der Waals surface area contributed by atoms with Gasteiger partial charge < -0.3 is 10.1 Å². The molecule has 2 rings (SSSR count). The van der Waals surface area contributed by atoms with Gasteiger partial charge in [-0.25, -0.2) is 4.98 Å². The fourth-order valence-corrected chi connectivity index (χ4v) is 2.09. The van der Waals surface area contributed by atoms with E-state index in [9.17, 15) is 0 Å². The Kier molecular flexibility index (Phi) is 5.39. The smallest absolute Gasteiger partial charge is 0.219 e. The topological polar surface area (TPSA) is 34.2 Å². The average Bonchev–Trinajstić information content (AvgIpc) is 2.43. The molecule has 106 valence electrons. The molecule has 0 unspecified atom stereocenters. The van der Waals surface area contributed by atoms with Crippen molar-refractivity contribution in [3.05, 3.63) is 52.7 Å². The standard InChI is InChI=1S/C16H19ClN2O/c1-3-7-18-11-13-6-8-19-16(10-13)20-15-5-4-14(17)9-12(15)2/h4-6,8-10,18H,3,7,11H2,1-2H3. The minimum atomic E-state index is 0.603. The van der Waals surface area contributed by atoms with Gasteiger partial charge in [0.2, 0.25) is 5.88 Å². The second-order valence-corrected chi connectivity index (χ2v) is 5.13. The van der Waals surface area contributed by atoms with E-state index in [1.807, 2.05) is 37.3 Å². The van der Waals surface area contributed by atoms with Crippen LogP contribution in [0.15, 0.2) is 36.5 Å². The Hall–Kier alpha value is -1.58. The van der Waals surface area contributed by atoms with Crippen LogP contribution >= 0.6 is 11.6 Å². The summed E-state index contributed by atoms with van der Waals surface area (Å²) in [6.45, 7) is 5.95. The van der Waals surface area contributed by atoms with Crippen LogP contribution in [0.1, 0.15) is 24.5 Å². The molecule has 0 aliphatic carbocycles. The first-order chi connectivity index (χ1) is 9.69. The lowest BCUT2D eigenvalue weighted by Gasteiger charge is -2.09. The van der Waals surface area contributed by atoms with Crippen LogP contribution in [0.25, 0.3) is 0 Å². The van der Waals surface area contributed by atoms with Crippen LogP contribution in [0.3, 0.4) is 0 Å². The molecule has 0 saturated heterocycles. The van der Waals surface area contributed by atoms with Gasteiger partial charge in [0, 0.05) is 23.8 Å². The number of nitrogens with one attached hydrogen (secondary N) is 1. The predicted octanol–water partition coefficient (Wildman–Crippen LogP) is 4.34. The summed E-state index contributed by atoms with van der Waals surface area (Å²) in [6, 6.07) is 9.50. The third kappa shape index (κ3) is 4.22. The highest BCUT2D eigenvalue weighted by Gasteiger charge is 2.04. The summed E-state index contributed by atoms with van der Waals surface area (Å²) >= 11 is 5.94. The van der Waals surface area contributed by atoms with Crippen LogP contribution in [-0.4, -0.2) is 11.5 Å². The van der Waals surface area contributed by atoms with E-state index in [4.69, 9.17) is 16.3 Å². The zero-order valence-electron chi connectivity index (χ0n) is 11.8. The Morgan fingerprint density at radius 2 is 2.10 bits per heavy atom. The number of hydrogen-bond acceptors (Lipinski definition) is 3. The summed E-state index contributed by atoms with van der Waals surface area (Å²) in [5.74, 6) is 1.38. The molecule has 1 heterocycles. The molecule has 1 aromatic carbocycles. The Balaban J connectivity index is 2.07. The monoisotopic (exact) mass is 290 g/mol. The molecule has 0 fully saturated rings. The molecule has 1 aromatic heterocycles. The van der Waals surface area contributed by atoms with Gasteiger partial charge in [-0.3, -0.25) is 0 Å². The maximum absolute atomic E-state index is 5.94. The van der Waals surface area contributed by atoms with Crippen molar-refractivity contribution in [1.29, 1.82) is 0 Å². The maximum atomic E-state index is 5.94. The van der Waals surface area contributed by atoms with Crippen molar-refractivity contribution in [2.75, 3.05) is 6.54 Å². The van der Waals surface area contributed by atoms with E-state index >= 15 is 0 Å². The van der Waals surface area contributed by atoms with Crippen molar-refractivity contribution in [3.63, 3.8) is 0 Å². The lowest BCUT2D eigenvalue weighted by molar-refractivity contribution is 0.458. The van der Waals surface area contributed by atoms with Gasteiger partial charge in [0.1, 0.15) is 5.75 Å². The Labute approximate surface area is 124 Å². The van der Waals surface area contributed by atoms with Crippen LogP contribution < -0.4 is 10.1 Å². The van der Waals surface area contributed by atoms with Crippen molar-refractivity contribution in [2.45, 2.75) is 26.8 Å². The molecule has 0 aliphatic rings. The molecular weight excluding hydrogens is 272 g/mol. The molecule has 1 N–H and O–H groups in total. The zero-order valence-corrected chi connectivity index (χ0v) is 12.6. The average molecular weight is 291 g/mol. The number of rotatable bonds is 6. The molecular formula is C16H19ClN2O. The van der Waals surface area contributed by atoms with Gasteiger partial charge >= 0.3 is 0 Å². The molecule has 4 heteroatoms. The molecule has 0 saturated carbocycles. The summed E-state index contributed by atoms with van der Waals surface area (Å²) in [5, 5.41) is 4.07. The van der Waals surface area contributed by atoms with E-state index in [0.717, 1.165) is 36.4 Å². The van der Waals surface area contributed by atoms with E-state index in [2.05, 4.69) is 17.2 Å². The van der Waals surface area contributed by atoms with Crippen LogP contribution in [0.5, 0.6) is 11.6 Å². The van der Waals surface area contributed by atoms with Crippen LogP contribution in [0.2, 0.25) is 5.02 Å². The quantitative estimate of drug-likeness (QED) is 0.804. The number of pyridine rings is 1. The second kappa shape index (κ2) is 7.27. The number of aromatic nitrogens is 1. The highest BCUT2D eigenvalue weighted by atomic mass is 35.5. The third-order valence-corrected chi connectivity index (χ3v) is 3.14. The highest BCUT2D eigenvalue weighted by Crippen LogP contribution is 2.26. The summed E-state index contributed by atoms with van der Waals surface area (Å²) in [5.41, 5.74) is 2.16. The molecule has 0 bridgehead atoms. The minimum absolute atomic E-state index is 0.603. The van der Waals surface area contributed by atoms with Crippen molar-refractivity contribution < 1.29 is 4.74 Å². The molecule has 0 spiro atoms. The normalized spacial score (nSPS) is 10.6. The second-order valence-electron chi connectivity index (χ2n) is 4.69. The van der Waals surface area contributed by atoms with E-state index in [0.29, 0.717) is 10.9 Å². The Morgan fingerprint density at radius 1 is 1.25 bits per heavy atom. The molecule has 3 nitrogen and oxygen atoms in total.